The van der Waals surface area contributed by atoms with Gasteiger partial charge in [-0.05, 0) is 44.1 Å². The van der Waals surface area contributed by atoms with Crippen LogP contribution in [0.5, 0.6) is 11.5 Å². The number of fused-ring (bicyclic) bond motifs is 3. The maximum absolute atomic E-state index is 11.8. The Morgan fingerprint density at radius 1 is 1.19 bits per heavy atom. The van der Waals surface area contributed by atoms with Crippen molar-refractivity contribution in [3.8, 4) is 11.5 Å². The van der Waals surface area contributed by atoms with Gasteiger partial charge in [0.2, 0.25) is 5.79 Å². The van der Waals surface area contributed by atoms with E-state index < -0.39 is 11.3 Å². The molecule has 2 aliphatic heterocycles. The van der Waals surface area contributed by atoms with Gasteiger partial charge in [0, 0.05) is 17.4 Å². The minimum Gasteiger partial charge on any atom is -0.496 e. The molecule has 2 aliphatic carbocycles. The van der Waals surface area contributed by atoms with Crippen molar-refractivity contribution in [1.29, 1.82) is 0 Å². The standard InChI is InChI=1S/C20H25NO5/c1-21-10-9-18-8-7-15(24-3)20(22)19(18,21)11-14(26-20)12-5-6-13(23-2)17(25-4)16(12)18/h5-7,14,22H,8-11H2,1-4H3/t14-,18-,19+,20+/m1/s1. The molecule has 6 nitrogen and oxygen atoms in total. The predicted octanol–water partition coefficient (Wildman–Crippen LogP) is 2.11. The number of ether oxygens (including phenoxy) is 4. The largest absolute Gasteiger partial charge is 0.496 e. The van der Waals surface area contributed by atoms with Gasteiger partial charge in [-0.3, -0.25) is 4.90 Å². The molecule has 1 aromatic rings. The van der Waals surface area contributed by atoms with E-state index in [1.165, 1.54) is 0 Å². The molecule has 0 saturated carbocycles. The summed E-state index contributed by atoms with van der Waals surface area (Å²) in [6, 6.07) is 4.00. The van der Waals surface area contributed by atoms with E-state index in [0.29, 0.717) is 5.76 Å². The summed E-state index contributed by atoms with van der Waals surface area (Å²) in [6.07, 6.45) is 4.22. The first kappa shape index (κ1) is 16.4. The summed E-state index contributed by atoms with van der Waals surface area (Å²) in [5, 5.41) is 11.8. The Hall–Kier alpha value is -1.76. The van der Waals surface area contributed by atoms with Gasteiger partial charge in [0.05, 0.1) is 33.0 Å². The van der Waals surface area contributed by atoms with Crippen LogP contribution in [0.1, 0.15) is 36.5 Å². The van der Waals surface area contributed by atoms with E-state index in [0.717, 1.165) is 48.4 Å². The number of allylic oxidation sites excluding steroid dienone is 1. The third kappa shape index (κ3) is 1.45. The molecule has 2 fully saturated rings. The first-order chi connectivity index (χ1) is 12.5. The number of likely N-dealkylation sites (tertiary alicyclic amines) is 1. The molecule has 0 unspecified atom stereocenters. The first-order valence-electron chi connectivity index (χ1n) is 9.10. The van der Waals surface area contributed by atoms with E-state index in [-0.39, 0.29) is 11.5 Å². The maximum Gasteiger partial charge on any atom is 0.245 e. The summed E-state index contributed by atoms with van der Waals surface area (Å²) in [5.74, 6) is 0.531. The summed E-state index contributed by atoms with van der Waals surface area (Å²) in [5.41, 5.74) is 1.34. The van der Waals surface area contributed by atoms with Crippen molar-refractivity contribution in [3.63, 3.8) is 0 Å². The minimum atomic E-state index is -1.47. The SMILES string of the molecule is COC1=CC[C@]23CCN(C)[C@@]24C[C@@H](O[C@@]14O)c1ccc(OC)c(OC)c13. The van der Waals surface area contributed by atoms with E-state index in [1.807, 2.05) is 12.1 Å². The summed E-state index contributed by atoms with van der Waals surface area (Å²) >= 11 is 0. The summed E-state index contributed by atoms with van der Waals surface area (Å²) < 4.78 is 23.3. The average molecular weight is 359 g/mol. The van der Waals surface area contributed by atoms with E-state index in [2.05, 4.69) is 18.0 Å². The van der Waals surface area contributed by atoms with Crippen LogP contribution < -0.4 is 9.47 Å². The Labute approximate surface area is 153 Å². The van der Waals surface area contributed by atoms with Crippen LogP contribution in [0.25, 0.3) is 0 Å². The van der Waals surface area contributed by atoms with Crippen LogP contribution in [0.15, 0.2) is 24.0 Å². The highest BCUT2D eigenvalue weighted by Crippen LogP contribution is 2.72. The molecule has 4 atom stereocenters. The zero-order valence-corrected chi connectivity index (χ0v) is 15.7. The Morgan fingerprint density at radius 2 is 2.00 bits per heavy atom. The van der Waals surface area contributed by atoms with Crippen molar-refractivity contribution in [2.45, 2.75) is 42.1 Å². The van der Waals surface area contributed by atoms with Crippen molar-refractivity contribution in [3.05, 3.63) is 35.1 Å². The molecule has 140 valence electrons. The highest BCUT2D eigenvalue weighted by molar-refractivity contribution is 5.62. The van der Waals surface area contributed by atoms with Crippen molar-refractivity contribution < 1.29 is 24.1 Å². The van der Waals surface area contributed by atoms with Crippen LogP contribution in [0.2, 0.25) is 0 Å². The number of rotatable bonds is 3. The molecule has 1 aromatic carbocycles. The second-order valence-electron chi connectivity index (χ2n) is 7.81. The lowest BCUT2D eigenvalue weighted by Gasteiger charge is -2.56. The van der Waals surface area contributed by atoms with Gasteiger partial charge in [0.1, 0.15) is 0 Å². The van der Waals surface area contributed by atoms with Gasteiger partial charge in [0.15, 0.2) is 17.3 Å². The van der Waals surface area contributed by atoms with E-state index in [4.69, 9.17) is 18.9 Å². The number of hydrogen-bond donors (Lipinski definition) is 1. The fraction of sp³-hybridized carbons (Fsp3) is 0.600. The molecule has 2 bridgehead atoms. The Morgan fingerprint density at radius 3 is 2.69 bits per heavy atom. The number of methoxy groups -OCH3 is 3. The lowest BCUT2D eigenvalue weighted by atomic mass is 9.53. The summed E-state index contributed by atoms with van der Waals surface area (Å²) in [7, 11) is 7.02. The first-order valence-corrected chi connectivity index (χ1v) is 9.10. The van der Waals surface area contributed by atoms with Crippen molar-refractivity contribution in [2.24, 2.45) is 0 Å². The van der Waals surface area contributed by atoms with Gasteiger partial charge in [-0.15, -0.1) is 0 Å². The Kier molecular flexibility index (Phi) is 3.12. The zero-order chi connectivity index (χ0) is 18.3. The number of nitrogens with zero attached hydrogens (tertiary/aromatic N) is 1. The van der Waals surface area contributed by atoms with E-state index in [1.54, 1.807) is 21.3 Å². The van der Waals surface area contributed by atoms with Crippen molar-refractivity contribution in [1.82, 2.24) is 4.90 Å². The smallest absolute Gasteiger partial charge is 0.245 e. The van der Waals surface area contributed by atoms with Crippen LogP contribution >= 0.6 is 0 Å². The highest BCUT2D eigenvalue weighted by atomic mass is 16.7. The quantitative estimate of drug-likeness (QED) is 0.892. The zero-order valence-electron chi connectivity index (χ0n) is 15.7. The minimum absolute atomic E-state index is 0.208. The number of likely N-dealkylation sites (N-methyl/N-ethyl adjacent to an activating group) is 1. The van der Waals surface area contributed by atoms with Crippen LogP contribution in [0, 0.1) is 0 Å². The molecule has 26 heavy (non-hydrogen) atoms. The van der Waals surface area contributed by atoms with Gasteiger partial charge in [-0.1, -0.05) is 6.07 Å². The fourth-order valence-electron chi connectivity index (χ4n) is 6.28. The van der Waals surface area contributed by atoms with Crippen LogP contribution in [0.3, 0.4) is 0 Å². The molecule has 2 saturated heterocycles. The number of aliphatic hydroxyl groups is 1. The number of hydrogen-bond acceptors (Lipinski definition) is 6. The second kappa shape index (κ2) is 4.94. The lowest BCUT2D eigenvalue weighted by molar-refractivity contribution is -0.242. The van der Waals surface area contributed by atoms with Crippen LogP contribution in [-0.4, -0.2) is 56.3 Å². The second-order valence-corrected chi connectivity index (χ2v) is 7.81. The number of benzene rings is 1. The third-order valence-corrected chi connectivity index (χ3v) is 7.26. The summed E-state index contributed by atoms with van der Waals surface area (Å²) in [4.78, 5) is 2.26. The monoisotopic (exact) mass is 359 g/mol. The molecule has 0 aromatic heterocycles. The predicted molar refractivity (Wildman–Crippen MR) is 94.3 cm³/mol. The Balaban J connectivity index is 1.88. The molecule has 5 rings (SSSR count). The van der Waals surface area contributed by atoms with Gasteiger partial charge in [-0.2, -0.15) is 0 Å². The van der Waals surface area contributed by atoms with Crippen LogP contribution in [0.4, 0.5) is 0 Å². The molecule has 0 amide bonds. The topological polar surface area (TPSA) is 60.4 Å². The molecule has 1 N–H and O–H groups in total. The van der Waals surface area contributed by atoms with Crippen LogP contribution in [-0.2, 0) is 14.9 Å². The van der Waals surface area contributed by atoms with Gasteiger partial charge < -0.3 is 24.1 Å². The molecule has 6 heteroatoms. The molecule has 0 radical (unpaired) electrons. The Bertz CT molecular complexity index is 823. The molecule has 2 heterocycles. The summed E-state index contributed by atoms with van der Waals surface area (Å²) in [6.45, 7) is 0.878. The molecular weight excluding hydrogens is 334 g/mol. The average Bonchev–Trinajstić information content (AvgIpc) is 3.13. The molecular formula is C20H25NO5. The highest BCUT2D eigenvalue weighted by Gasteiger charge is 2.79. The normalized spacial score (nSPS) is 39.9. The fourth-order valence-corrected chi connectivity index (χ4v) is 6.28. The van der Waals surface area contributed by atoms with Gasteiger partial charge in [-0.25, -0.2) is 0 Å². The maximum atomic E-state index is 11.8. The molecule has 4 aliphatic rings. The van der Waals surface area contributed by atoms with Gasteiger partial charge in [0.25, 0.3) is 0 Å². The molecule has 1 spiro atoms. The van der Waals surface area contributed by atoms with E-state index >= 15 is 0 Å². The lowest BCUT2D eigenvalue weighted by Crippen LogP contribution is -2.69. The van der Waals surface area contributed by atoms with Gasteiger partial charge >= 0.3 is 0 Å². The van der Waals surface area contributed by atoms with Crippen molar-refractivity contribution in [2.75, 3.05) is 34.9 Å². The third-order valence-electron chi connectivity index (χ3n) is 7.26. The van der Waals surface area contributed by atoms with Crippen molar-refractivity contribution >= 4 is 0 Å². The van der Waals surface area contributed by atoms with E-state index in [9.17, 15) is 5.11 Å².